The number of carbonyl (C=O) groups is 1. The van der Waals surface area contributed by atoms with Gasteiger partial charge in [-0.05, 0) is 36.8 Å². The second-order valence-electron chi connectivity index (χ2n) is 7.00. The first-order chi connectivity index (χ1) is 13.8. The van der Waals surface area contributed by atoms with E-state index in [1.54, 1.807) is 19.1 Å². The maximum atomic E-state index is 13.9. The molecule has 3 aromatic rings. The third-order valence-electron chi connectivity index (χ3n) is 4.83. The fourth-order valence-corrected chi connectivity index (χ4v) is 3.37. The van der Waals surface area contributed by atoms with Gasteiger partial charge < -0.3 is 14.7 Å². The Morgan fingerprint density at radius 2 is 1.97 bits per heavy atom. The van der Waals surface area contributed by atoms with Crippen molar-refractivity contribution in [3.05, 3.63) is 89.6 Å². The van der Waals surface area contributed by atoms with Gasteiger partial charge in [0.05, 0.1) is 11.2 Å². The molecule has 2 N–H and O–H groups in total. The zero-order chi connectivity index (χ0) is 20.6. The van der Waals surface area contributed by atoms with E-state index in [0.717, 1.165) is 17.7 Å². The molecule has 146 valence electrons. The van der Waals surface area contributed by atoms with Crippen LogP contribution in [0, 0.1) is 5.82 Å². The Morgan fingerprint density at radius 1 is 1.21 bits per heavy atom. The fourth-order valence-electron chi connectivity index (χ4n) is 3.37. The van der Waals surface area contributed by atoms with Gasteiger partial charge >= 0.3 is 5.97 Å². The summed E-state index contributed by atoms with van der Waals surface area (Å²) in [5, 5.41) is 23.7. The van der Waals surface area contributed by atoms with Crippen LogP contribution in [0.4, 0.5) is 4.39 Å². The van der Waals surface area contributed by atoms with Gasteiger partial charge in [-0.2, -0.15) is 4.98 Å². The first-order valence-electron chi connectivity index (χ1n) is 8.91. The average molecular weight is 392 g/mol. The van der Waals surface area contributed by atoms with Gasteiger partial charge in [-0.25, -0.2) is 9.18 Å². The minimum atomic E-state index is -1.35. The van der Waals surface area contributed by atoms with E-state index in [9.17, 15) is 14.3 Å². The molecule has 0 aliphatic heterocycles. The molecule has 2 atom stereocenters. The van der Waals surface area contributed by atoms with Crippen molar-refractivity contribution in [1.29, 1.82) is 0 Å². The van der Waals surface area contributed by atoms with Crippen molar-refractivity contribution >= 4 is 11.5 Å². The van der Waals surface area contributed by atoms with Gasteiger partial charge in [0.2, 0.25) is 5.82 Å². The van der Waals surface area contributed by atoms with Gasteiger partial charge in [-0.15, -0.1) is 0 Å². The van der Waals surface area contributed by atoms with Crippen molar-refractivity contribution in [2.45, 2.75) is 18.4 Å². The molecule has 0 saturated carbocycles. The second-order valence-corrected chi connectivity index (χ2v) is 7.00. The Hall–Kier alpha value is -3.58. The maximum Gasteiger partial charge on any atom is 0.338 e. The molecule has 29 heavy (non-hydrogen) atoms. The van der Waals surface area contributed by atoms with Gasteiger partial charge in [0.1, 0.15) is 5.82 Å². The summed E-state index contributed by atoms with van der Waals surface area (Å²) in [6.45, 7) is 1.70. The van der Waals surface area contributed by atoms with Gasteiger partial charge in [0, 0.05) is 17.1 Å². The smallest absolute Gasteiger partial charge is 0.338 e. The van der Waals surface area contributed by atoms with Crippen molar-refractivity contribution in [3.8, 4) is 11.4 Å². The first kappa shape index (κ1) is 18.8. The van der Waals surface area contributed by atoms with Crippen molar-refractivity contribution in [2.75, 3.05) is 0 Å². The molecule has 1 aliphatic rings. The number of halogens is 1. The number of aromatic nitrogens is 2. The number of aromatic carboxylic acids is 1. The van der Waals surface area contributed by atoms with Crippen LogP contribution in [-0.2, 0) is 0 Å². The molecule has 0 fully saturated rings. The third kappa shape index (κ3) is 3.60. The molecular weight excluding hydrogens is 375 g/mol. The molecule has 1 heterocycles. The molecule has 7 heteroatoms. The van der Waals surface area contributed by atoms with Crippen LogP contribution < -0.4 is 0 Å². The fraction of sp³-hybridized carbons (Fsp3) is 0.136. The number of carboxylic acids is 1. The lowest BCUT2D eigenvalue weighted by atomic mass is 9.78. The molecule has 0 saturated heterocycles. The molecular formula is C22H17FN2O4. The van der Waals surface area contributed by atoms with Crippen LogP contribution in [0.3, 0.4) is 0 Å². The summed E-state index contributed by atoms with van der Waals surface area (Å²) in [7, 11) is 0. The normalized spacial score (nSPS) is 21.1. The second kappa shape index (κ2) is 7.10. The van der Waals surface area contributed by atoms with Gasteiger partial charge in [-0.3, -0.25) is 0 Å². The van der Waals surface area contributed by atoms with Crippen molar-refractivity contribution < 1.29 is 23.9 Å². The Kier molecular flexibility index (Phi) is 4.60. The van der Waals surface area contributed by atoms with E-state index in [0.29, 0.717) is 5.57 Å². The topological polar surface area (TPSA) is 96.5 Å². The molecule has 6 nitrogen and oxygen atoms in total. The van der Waals surface area contributed by atoms with Crippen LogP contribution in [0.25, 0.3) is 17.0 Å². The lowest BCUT2D eigenvalue weighted by Crippen LogP contribution is -2.31. The van der Waals surface area contributed by atoms with Crippen LogP contribution in [-0.4, -0.2) is 31.9 Å². The number of benzene rings is 2. The number of allylic oxidation sites excluding steroid dienone is 2. The van der Waals surface area contributed by atoms with E-state index in [1.165, 1.54) is 6.07 Å². The number of rotatable bonds is 4. The lowest BCUT2D eigenvalue weighted by molar-refractivity contribution is 0.0691. The number of nitrogens with zero attached hydrogens (tertiary/aromatic N) is 2. The molecule has 0 bridgehead atoms. The van der Waals surface area contributed by atoms with Crippen molar-refractivity contribution in [1.82, 2.24) is 10.1 Å². The number of aliphatic hydroxyl groups is 1. The zero-order valence-corrected chi connectivity index (χ0v) is 15.4. The zero-order valence-electron chi connectivity index (χ0n) is 15.4. The Balaban J connectivity index is 1.62. The molecule has 1 aromatic heterocycles. The summed E-state index contributed by atoms with van der Waals surface area (Å²) >= 11 is 0. The van der Waals surface area contributed by atoms with Crippen molar-refractivity contribution in [2.24, 2.45) is 0 Å². The van der Waals surface area contributed by atoms with E-state index in [-0.39, 0.29) is 23.2 Å². The van der Waals surface area contributed by atoms with E-state index < -0.39 is 23.0 Å². The first-order valence-corrected chi connectivity index (χ1v) is 8.91. The number of hydrogen-bond donors (Lipinski definition) is 2. The number of hydrogen-bond acceptors (Lipinski definition) is 5. The Bertz CT molecular complexity index is 1130. The molecule has 2 unspecified atom stereocenters. The molecule has 1 aliphatic carbocycles. The van der Waals surface area contributed by atoms with Gasteiger partial charge in [0.15, 0.2) is 0 Å². The highest BCUT2D eigenvalue weighted by Gasteiger charge is 2.33. The summed E-state index contributed by atoms with van der Waals surface area (Å²) in [6, 6.07) is 13.2. The summed E-state index contributed by atoms with van der Waals surface area (Å²) in [4.78, 5) is 15.2. The molecule has 0 spiro atoms. The van der Waals surface area contributed by atoms with E-state index >= 15 is 0 Å². The molecule has 0 amide bonds. The monoisotopic (exact) mass is 392 g/mol. The number of carboxylic acid groups (broad SMARTS) is 1. The molecule has 2 aromatic carbocycles. The van der Waals surface area contributed by atoms with E-state index in [1.807, 2.05) is 36.4 Å². The molecule has 0 radical (unpaired) electrons. The van der Waals surface area contributed by atoms with Crippen molar-refractivity contribution in [3.63, 3.8) is 0 Å². The highest BCUT2D eigenvalue weighted by Crippen LogP contribution is 2.37. The highest BCUT2D eigenvalue weighted by atomic mass is 19.1. The largest absolute Gasteiger partial charge is 0.478 e. The SMILES string of the molecule is CC1(O)C=C(c2nc(-c3ccc(C(=O)O)c(F)c3)no2)C=CC1c1ccccc1. The predicted molar refractivity (Wildman–Crippen MR) is 104 cm³/mol. The summed E-state index contributed by atoms with van der Waals surface area (Å²) in [5.41, 5.74) is 0.206. The quantitative estimate of drug-likeness (QED) is 0.695. The standard InChI is InChI=1S/C22H17FN2O4/c1-22(28)12-15(8-10-17(22)13-5-3-2-4-6-13)20-24-19(25-29-20)14-7-9-16(21(26)27)18(23)11-14/h2-12,17,28H,1H3,(H,26,27). The summed E-state index contributed by atoms with van der Waals surface area (Å²) in [6.07, 6.45) is 5.31. The van der Waals surface area contributed by atoms with Crippen LogP contribution in [0.2, 0.25) is 0 Å². The maximum absolute atomic E-state index is 13.9. The van der Waals surface area contributed by atoms with Crippen LogP contribution in [0.5, 0.6) is 0 Å². The van der Waals surface area contributed by atoms with Crippen LogP contribution in [0.1, 0.15) is 34.7 Å². The predicted octanol–water partition coefficient (Wildman–Crippen LogP) is 4.06. The summed E-state index contributed by atoms with van der Waals surface area (Å²) < 4.78 is 19.2. The van der Waals surface area contributed by atoms with Gasteiger partial charge in [0.25, 0.3) is 5.89 Å². The average Bonchev–Trinajstić information content (AvgIpc) is 3.18. The minimum absolute atomic E-state index is 0.120. The third-order valence-corrected chi connectivity index (χ3v) is 4.83. The minimum Gasteiger partial charge on any atom is -0.478 e. The van der Waals surface area contributed by atoms with Gasteiger partial charge in [-0.1, -0.05) is 47.6 Å². The van der Waals surface area contributed by atoms with E-state index in [4.69, 9.17) is 9.63 Å². The Morgan fingerprint density at radius 3 is 2.62 bits per heavy atom. The van der Waals surface area contributed by atoms with E-state index in [2.05, 4.69) is 10.1 Å². The van der Waals surface area contributed by atoms with Crippen LogP contribution >= 0.6 is 0 Å². The summed E-state index contributed by atoms with van der Waals surface area (Å²) in [5.74, 6) is -2.17. The van der Waals surface area contributed by atoms with Crippen LogP contribution in [0.15, 0.2) is 71.3 Å². The highest BCUT2D eigenvalue weighted by molar-refractivity contribution is 5.88. The lowest BCUT2D eigenvalue weighted by Gasteiger charge is -2.31. The molecule has 4 rings (SSSR count). The Labute approximate surface area is 165 Å².